The van der Waals surface area contributed by atoms with Crippen molar-refractivity contribution in [3.8, 4) is 0 Å². The monoisotopic (exact) mass is 432 g/mol. The summed E-state index contributed by atoms with van der Waals surface area (Å²) < 4.78 is 0. The molecule has 1 N–H and O–H groups in total. The molecule has 4 heteroatoms. The lowest BCUT2D eigenvalue weighted by Gasteiger charge is -2.40. The third-order valence-corrected chi connectivity index (χ3v) is 7.05. The van der Waals surface area contributed by atoms with Crippen LogP contribution in [0.2, 0.25) is 0 Å². The summed E-state index contributed by atoms with van der Waals surface area (Å²) in [4.78, 5) is 5.00. The maximum absolute atomic E-state index is 10.5. The summed E-state index contributed by atoms with van der Waals surface area (Å²) in [6.45, 7) is 4.78. The van der Waals surface area contributed by atoms with Crippen LogP contribution in [0.1, 0.15) is 22.7 Å². The Morgan fingerprint density at radius 1 is 0.710 bits per heavy atom. The lowest BCUT2D eigenvalue weighted by atomic mass is 9.96. The first-order valence-electron chi connectivity index (χ1n) is 11.2. The Balaban J connectivity index is 1.28. The minimum atomic E-state index is -0.278. The number of rotatable bonds is 9. The highest BCUT2D eigenvalue weighted by Gasteiger charge is 2.26. The summed E-state index contributed by atoms with van der Waals surface area (Å²) in [6.07, 6.45) is -0.278. The molecular weight excluding hydrogens is 400 g/mol. The van der Waals surface area contributed by atoms with Gasteiger partial charge in [-0.2, -0.15) is 11.8 Å². The molecule has 1 unspecified atom stereocenters. The van der Waals surface area contributed by atoms with Gasteiger partial charge >= 0.3 is 0 Å². The maximum atomic E-state index is 10.5. The molecular formula is C27H32N2OS. The van der Waals surface area contributed by atoms with Gasteiger partial charge in [-0.3, -0.25) is 9.80 Å². The molecule has 31 heavy (non-hydrogen) atoms. The number of hydrogen-bond acceptors (Lipinski definition) is 4. The van der Waals surface area contributed by atoms with Crippen molar-refractivity contribution in [1.29, 1.82) is 0 Å². The van der Waals surface area contributed by atoms with E-state index in [1.807, 2.05) is 17.8 Å². The molecule has 0 aliphatic carbocycles. The van der Waals surface area contributed by atoms with Gasteiger partial charge < -0.3 is 5.11 Å². The van der Waals surface area contributed by atoms with Crippen LogP contribution in [-0.4, -0.2) is 59.5 Å². The van der Waals surface area contributed by atoms with Gasteiger partial charge in [-0.1, -0.05) is 91.0 Å². The van der Waals surface area contributed by atoms with Crippen molar-refractivity contribution in [2.75, 3.05) is 38.5 Å². The highest BCUT2D eigenvalue weighted by molar-refractivity contribution is 7.98. The predicted molar refractivity (Wildman–Crippen MR) is 131 cm³/mol. The van der Waals surface area contributed by atoms with Crippen LogP contribution in [0.15, 0.2) is 91.0 Å². The minimum Gasteiger partial charge on any atom is -0.391 e. The zero-order valence-electron chi connectivity index (χ0n) is 18.0. The summed E-state index contributed by atoms with van der Waals surface area (Å²) in [5.74, 6) is 1.74. The van der Waals surface area contributed by atoms with Gasteiger partial charge in [-0.25, -0.2) is 0 Å². The molecule has 4 rings (SSSR count). The van der Waals surface area contributed by atoms with Crippen molar-refractivity contribution in [2.45, 2.75) is 17.9 Å². The van der Waals surface area contributed by atoms with Gasteiger partial charge in [-0.15, -0.1) is 0 Å². The van der Waals surface area contributed by atoms with E-state index in [4.69, 9.17) is 0 Å². The topological polar surface area (TPSA) is 26.7 Å². The number of piperazine rings is 1. The highest BCUT2D eigenvalue weighted by atomic mass is 32.2. The Hall–Kier alpha value is -2.11. The molecule has 0 spiro atoms. The maximum Gasteiger partial charge on any atom is 0.0757 e. The second-order valence-electron chi connectivity index (χ2n) is 8.22. The van der Waals surface area contributed by atoms with Crippen LogP contribution in [-0.2, 0) is 5.75 Å². The molecule has 0 aromatic heterocycles. The molecule has 3 nitrogen and oxygen atoms in total. The van der Waals surface area contributed by atoms with Gasteiger partial charge in [0.25, 0.3) is 0 Å². The van der Waals surface area contributed by atoms with Crippen molar-refractivity contribution < 1.29 is 5.11 Å². The van der Waals surface area contributed by atoms with E-state index in [1.165, 1.54) is 16.7 Å². The number of aliphatic hydroxyl groups is 1. The first-order chi connectivity index (χ1) is 15.3. The van der Waals surface area contributed by atoms with E-state index in [2.05, 4.69) is 94.7 Å². The van der Waals surface area contributed by atoms with Gasteiger partial charge in [0.1, 0.15) is 0 Å². The van der Waals surface area contributed by atoms with Crippen molar-refractivity contribution in [3.05, 3.63) is 108 Å². The molecule has 0 bridgehead atoms. The molecule has 1 atom stereocenters. The average Bonchev–Trinajstić information content (AvgIpc) is 2.82. The van der Waals surface area contributed by atoms with Crippen LogP contribution >= 0.6 is 11.8 Å². The van der Waals surface area contributed by atoms with Gasteiger partial charge in [0.05, 0.1) is 12.1 Å². The summed E-state index contributed by atoms with van der Waals surface area (Å²) in [6, 6.07) is 32.4. The lowest BCUT2D eigenvalue weighted by Crippen LogP contribution is -2.49. The van der Waals surface area contributed by atoms with Gasteiger partial charge in [0, 0.05) is 44.2 Å². The van der Waals surface area contributed by atoms with E-state index in [9.17, 15) is 5.11 Å². The standard InChI is InChI=1S/C27H32N2OS/c30-26(22-31-21-23-10-4-1-5-11-23)20-28-16-18-29(19-17-28)27(24-12-6-2-7-13-24)25-14-8-3-9-15-25/h1-15,26-27,30H,16-22H2. The van der Waals surface area contributed by atoms with Crippen molar-refractivity contribution in [3.63, 3.8) is 0 Å². The van der Waals surface area contributed by atoms with Crippen molar-refractivity contribution >= 4 is 11.8 Å². The molecule has 1 aliphatic heterocycles. The van der Waals surface area contributed by atoms with E-state index in [0.29, 0.717) is 0 Å². The van der Waals surface area contributed by atoms with Crippen molar-refractivity contribution in [2.24, 2.45) is 0 Å². The summed E-state index contributed by atoms with van der Waals surface area (Å²) in [5.41, 5.74) is 4.01. The Labute approximate surface area is 190 Å². The van der Waals surface area contributed by atoms with E-state index in [-0.39, 0.29) is 12.1 Å². The molecule has 3 aromatic carbocycles. The molecule has 1 aliphatic rings. The van der Waals surface area contributed by atoms with Gasteiger partial charge in [0.15, 0.2) is 0 Å². The van der Waals surface area contributed by atoms with Crippen LogP contribution in [0.25, 0.3) is 0 Å². The number of β-amino-alcohol motifs (C(OH)–C–C–N with tert-alkyl or cyclic N) is 1. The smallest absolute Gasteiger partial charge is 0.0757 e. The van der Waals surface area contributed by atoms with Gasteiger partial charge in [-0.05, 0) is 16.7 Å². The third kappa shape index (κ3) is 6.44. The lowest BCUT2D eigenvalue weighted by molar-refractivity contribution is 0.0708. The Morgan fingerprint density at radius 2 is 1.23 bits per heavy atom. The van der Waals surface area contributed by atoms with E-state index >= 15 is 0 Å². The van der Waals surface area contributed by atoms with E-state index in [0.717, 1.165) is 44.2 Å². The van der Waals surface area contributed by atoms with Crippen LogP contribution in [0, 0.1) is 0 Å². The molecule has 3 aromatic rings. The normalized spacial score (nSPS) is 16.5. The van der Waals surface area contributed by atoms with E-state index < -0.39 is 0 Å². The summed E-state index contributed by atoms with van der Waals surface area (Å²) >= 11 is 1.82. The number of benzene rings is 3. The summed E-state index contributed by atoms with van der Waals surface area (Å²) in [5, 5.41) is 10.5. The number of nitrogens with zero attached hydrogens (tertiary/aromatic N) is 2. The first-order valence-corrected chi connectivity index (χ1v) is 12.3. The molecule has 162 valence electrons. The Bertz CT molecular complexity index is 843. The second kappa shape index (κ2) is 11.5. The highest BCUT2D eigenvalue weighted by Crippen LogP contribution is 2.29. The SMILES string of the molecule is OC(CSCc1ccccc1)CN1CCN(C(c2ccccc2)c2ccccc2)CC1. The Kier molecular flexibility index (Phi) is 8.19. The zero-order valence-corrected chi connectivity index (χ0v) is 18.8. The quantitative estimate of drug-likeness (QED) is 0.531. The first kappa shape index (κ1) is 22.1. The zero-order chi connectivity index (χ0) is 21.3. The molecule has 1 fully saturated rings. The Morgan fingerprint density at radius 3 is 1.77 bits per heavy atom. The fourth-order valence-corrected chi connectivity index (χ4v) is 5.25. The van der Waals surface area contributed by atoms with Crippen molar-refractivity contribution in [1.82, 2.24) is 9.80 Å². The van der Waals surface area contributed by atoms with Crippen LogP contribution < -0.4 is 0 Å². The average molecular weight is 433 g/mol. The van der Waals surface area contributed by atoms with E-state index in [1.54, 1.807) is 0 Å². The summed E-state index contributed by atoms with van der Waals surface area (Å²) in [7, 11) is 0. The van der Waals surface area contributed by atoms with Gasteiger partial charge in [0.2, 0.25) is 0 Å². The second-order valence-corrected chi connectivity index (χ2v) is 9.25. The minimum absolute atomic E-state index is 0.278. The predicted octanol–water partition coefficient (Wildman–Crippen LogP) is 4.69. The molecule has 1 heterocycles. The molecule has 1 saturated heterocycles. The fourth-order valence-electron chi connectivity index (χ4n) is 4.33. The number of thioether (sulfide) groups is 1. The van der Waals surface area contributed by atoms with Crippen LogP contribution in [0.3, 0.4) is 0 Å². The fraction of sp³-hybridized carbons (Fsp3) is 0.333. The number of aliphatic hydroxyl groups excluding tert-OH is 1. The van der Waals surface area contributed by atoms with Crippen LogP contribution in [0.4, 0.5) is 0 Å². The third-order valence-electron chi connectivity index (χ3n) is 5.89. The molecule has 0 saturated carbocycles. The number of hydrogen-bond donors (Lipinski definition) is 1. The largest absolute Gasteiger partial charge is 0.391 e. The molecule has 0 amide bonds. The molecule has 0 radical (unpaired) electrons. The van der Waals surface area contributed by atoms with Crippen LogP contribution in [0.5, 0.6) is 0 Å².